The molecular formula is C19H30F2N4O4S. The van der Waals surface area contributed by atoms with Crippen molar-refractivity contribution in [2.75, 3.05) is 39.5 Å². The largest absolute Gasteiger partial charge is 0.490 e. The minimum atomic E-state index is -3.14. The highest BCUT2D eigenvalue weighted by Gasteiger charge is 2.25. The summed E-state index contributed by atoms with van der Waals surface area (Å²) in [6.07, 6.45) is 2.75. The Hall–Kier alpha value is -2.14. The highest BCUT2D eigenvalue weighted by molar-refractivity contribution is 7.88. The molecule has 0 unspecified atom stereocenters. The predicted molar refractivity (Wildman–Crippen MR) is 112 cm³/mol. The standard InChI is InChI=1S/C19H30F2N4O4S/c1-4-28-16-7-5-6-15(17(16)29-18(20)21)13-24-19(22-2)23-12-14-8-10-25(11-9-14)30(3,26)27/h5-7,14,18H,4,8-13H2,1-3H3,(H2,22,23,24). The molecule has 1 saturated heterocycles. The van der Waals surface area contributed by atoms with Gasteiger partial charge in [-0.25, -0.2) is 12.7 Å². The van der Waals surface area contributed by atoms with Crippen molar-refractivity contribution < 1.29 is 26.7 Å². The number of nitrogens with zero attached hydrogens (tertiary/aromatic N) is 2. The maximum absolute atomic E-state index is 12.8. The molecule has 2 N–H and O–H groups in total. The topological polar surface area (TPSA) is 92.3 Å². The van der Waals surface area contributed by atoms with Crippen LogP contribution in [-0.4, -0.2) is 64.8 Å². The van der Waals surface area contributed by atoms with Crippen LogP contribution in [0.3, 0.4) is 0 Å². The quantitative estimate of drug-likeness (QED) is 0.444. The van der Waals surface area contributed by atoms with Crippen LogP contribution in [0.25, 0.3) is 0 Å². The normalized spacial score (nSPS) is 16.5. The summed E-state index contributed by atoms with van der Waals surface area (Å²) >= 11 is 0. The zero-order chi connectivity index (χ0) is 22.1. The molecule has 1 aliphatic rings. The average molecular weight is 449 g/mol. The van der Waals surface area contributed by atoms with Gasteiger partial charge in [-0.1, -0.05) is 12.1 Å². The average Bonchev–Trinajstić information content (AvgIpc) is 2.69. The maximum Gasteiger partial charge on any atom is 0.387 e. The van der Waals surface area contributed by atoms with Gasteiger partial charge in [0, 0.05) is 38.8 Å². The van der Waals surface area contributed by atoms with Gasteiger partial charge in [0.25, 0.3) is 0 Å². The predicted octanol–water partition coefficient (Wildman–Crippen LogP) is 2.02. The van der Waals surface area contributed by atoms with Gasteiger partial charge in [-0.2, -0.15) is 8.78 Å². The zero-order valence-corrected chi connectivity index (χ0v) is 18.3. The molecule has 1 aromatic carbocycles. The van der Waals surface area contributed by atoms with Crippen LogP contribution in [0.2, 0.25) is 0 Å². The van der Waals surface area contributed by atoms with Crippen molar-refractivity contribution in [1.82, 2.24) is 14.9 Å². The molecule has 0 aromatic heterocycles. The third-order valence-electron chi connectivity index (χ3n) is 4.84. The smallest absolute Gasteiger partial charge is 0.387 e. The molecular weight excluding hydrogens is 418 g/mol. The molecule has 30 heavy (non-hydrogen) atoms. The molecule has 0 bridgehead atoms. The minimum absolute atomic E-state index is 0.00505. The lowest BCUT2D eigenvalue weighted by Gasteiger charge is -2.30. The monoisotopic (exact) mass is 448 g/mol. The van der Waals surface area contributed by atoms with Gasteiger partial charge < -0.3 is 20.1 Å². The first-order valence-corrected chi connectivity index (χ1v) is 11.7. The van der Waals surface area contributed by atoms with Gasteiger partial charge in [-0.05, 0) is 31.7 Å². The van der Waals surface area contributed by atoms with Crippen LogP contribution in [-0.2, 0) is 16.6 Å². The number of guanidine groups is 1. The summed E-state index contributed by atoms with van der Waals surface area (Å²) in [6.45, 7) is 1.01. The summed E-state index contributed by atoms with van der Waals surface area (Å²) in [7, 11) is -1.52. The molecule has 0 radical (unpaired) electrons. The van der Waals surface area contributed by atoms with Crippen molar-refractivity contribution in [3.05, 3.63) is 23.8 Å². The van der Waals surface area contributed by atoms with E-state index in [0.717, 1.165) is 12.8 Å². The lowest BCUT2D eigenvalue weighted by atomic mass is 9.98. The van der Waals surface area contributed by atoms with Crippen LogP contribution in [0, 0.1) is 5.92 Å². The van der Waals surface area contributed by atoms with Gasteiger partial charge in [0.2, 0.25) is 10.0 Å². The molecule has 170 valence electrons. The fourth-order valence-corrected chi connectivity index (χ4v) is 4.15. The SMILES string of the molecule is CCOc1cccc(CNC(=NC)NCC2CCN(S(C)(=O)=O)CC2)c1OC(F)F. The van der Waals surface area contributed by atoms with Crippen molar-refractivity contribution in [3.8, 4) is 11.5 Å². The Morgan fingerprint density at radius 2 is 2.00 bits per heavy atom. The highest BCUT2D eigenvalue weighted by atomic mass is 32.2. The van der Waals surface area contributed by atoms with Crippen molar-refractivity contribution >= 4 is 16.0 Å². The lowest BCUT2D eigenvalue weighted by Crippen LogP contribution is -2.43. The van der Waals surface area contributed by atoms with Crippen molar-refractivity contribution in [3.63, 3.8) is 0 Å². The molecule has 0 aliphatic carbocycles. The van der Waals surface area contributed by atoms with Gasteiger partial charge in [0.05, 0.1) is 12.9 Å². The van der Waals surface area contributed by atoms with Gasteiger partial charge in [-0.15, -0.1) is 0 Å². The number of halogens is 2. The Kier molecular flexibility index (Phi) is 9.09. The van der Waals surface area contributed by atoms with E-state index in [1.165, 1.54) is 10.6 Å². The number of benzene rings is 1. The van der Waals surface area contributed by atoms with Crippen LogP contribution < -0.4 is 20.1 Å². The number of hydrogen-bond donors (Lipinski definition) is 2. The number of aliphatic imine (C=N–C) groups is 1. The van der Waals surface area contributed by atoms with E-state index in [0.29, 0.717) is 43.7 Å². The number of hydrogen-bond acceptors (Lipinski definition) is 5. The molecule has 0 saturated carbocycles. The Morgan fingerprint density at radius 1 is 1.30 bits per heavy atom. The molecule has 1 fully saturated rings. The summed E-state index contributed by atoms with van der Waals surface area (Å²) in [4.78, 5) is 4.16. The molecule has 0 spiro atoms. The number of piperidine rings is 1. The number of alkyl halides is 2. The molecule has 1 aliphatic heterocycles. The van der Waals surface area contributed by atoms with E-state index in [1.807, 2.05) is 0 Å². The fourth-order valence-electron chi connectivity index (χ4n) is 3.28. The minimum Gasteiger partial charge on any atom is -0.490 e. The first-order chi connectivity index (χ1) is 14.2. The fraction of sp³-hybridized carbons (Fsp3) is 0.632. The molecule has 11 heteroatoms. The number of ether oxygens (including phenoxy) is 2. The first kappa shape index (κ1) is 24.1. The summed E-state index contributed by atoms with van der Waals surface area (Å²) in [5.74, 6) is 1.11. The van der Waals surface area contributed by atoms with E-state index < -0.39 is 16.6 Å². The van der Waals surface area contributed by atoms with Gasteiger partial charge in [0.1, 0.15) is 0 Å². The van der Waals surface area contributed by atoms with E-state index in [-0.39, 0.29) is 18.0 Å². The van der Waals surface area contributed by atoms with E-state index >= 15 is 0 Å². The molecule has 0 amide bonds. The molecule has 0 atom stereocenters. The van der Waals surface area contributed by atoms with Crippen molar-refractivity contribution in [2.24, 2.45) is 10.9 Å². The van der Waals surface area contributed by atoms with E-state index in [4.69, 9.17) is 4.74 Å². The Bertz CT molecular complexity index is 813. The van der Waals surface area contributed by atoms with Crippen LogP contribution >= 0.6 is 0 Å². The van der Waals surface area contributed by atoms with E-state index in [2.05, 4.69) is 20.4 Å². The van der Waals surface area contributed by atoms with Gasteiger partial charge in [0.15, 0.2) is 17.5 Å². The molecule has 1 aromatic rings. The second kappa shape index (κ2) is 11.3. The number of nitrogens with one attached hydrogen (secondary N) is 2. The van der Waals surface area contributed by atoms with E-state index in [1.54, 1.807) is 32.2 Å². The third-order valence-corrected chi connectivity index (χ3v) is 6.14. The number of rotatable bonds is 9. The highest BCUT2D eigenvalue weighted by Crippen LogP contribution is 2.32. The van der Waals surface area contributed by atoms with Crippen molar-refractivity contribution in [1.29, 1.82) is 0 Å². The number of sulfonamides is 1. The summed E-state index contributed by atoms with van der Waals surface area (Å²) in [5.41, 5.74) is 0.519. The second-order valence-electron chi connectivity index (χ2n) is 6.97. The Labute approximate surface area is 176 Å². The third kappa shape index (κ3) is 7.28. The summed E-state index contributed by atoms with van der Waals surface area (Å²) in [6, 6.07) is 4.98. The van der Waals surface area contributed by atoms with Crippen molar-refractivity contribution in [2.45, 2.75) is 32.9 Å². The first-order valence-electron chi connectivity index (χ1n) is 9.83. The Balaban J connectivity index is 1.91. The zero-order valence-electron chi connectivity index (χ0n) is 17.5. The molecule has 8 nitrogen and oxygen atoms in total. The molecule has 2 rings (SSSR count). The van der Waals surface area contributed by atoms with Crippen LogP contribution in [0.1, 0.15) is 25.3 Å². The van der Waals surface area contributed by atoms with Crippen LogP contribution in [0.4, 0.5) is 8.78 Å². The Morgan fingerprint density at radius 3 is 2.57 bits per heavy atom. The summed E-state index contributed by atoms with van der Waals surface area (Å²) < 4.78 is 60.4. The lowest BCUT2D eigenvalue weighted by molar-refractivity contribution is -0.0520. The molecule has 1 heterocycles. The van der Waals surface area contributed by atoms with Crippen LogP contribution in [0.5, 0.6) is 11.5 Å². The van der Waals surface area contributed by atoms with E-state index in [9.17, 15) is 17.2 Å². The number of para-hydroxylation sites is 1. The van der Waals surface area contributed by atoms with Gasteiger partial charge in [-0.3, -0.25) is 4.99 Å². The maximum atomic E-state index is 12.8. The second-order valence-corrected chi connectivity index (χ2v) is 8.95. The summed E-state index contributed by atoms with van der Waals surface area (Å²) in [5, 5.41) is 6.31. The van der Waals surface area contributed by atoms with Gasteiger partial charge >= 0.3 is 6.61 Å². The van der Waals surface area contributed by atoms with Crippen LogP contribution in [0.15, 0.2) is 23.2 Å².